The zero-order valence-corrected chi connectivity index (χ0v) is 12.3. The molecule has 0 radical (unpaired) electrons. The molecule has 94 valence electrons. The minimum atomic E-state index is 0.142. The highest BCUT2D eigenvalue weighted by Crippen LogP contribution is 2.44. The minimum absolute atomic E-state index is 0.142. The second kappa shape index (κ2) is 5.20. The Morgan fingerprint density at radius 3 is 2.47 bits per heavy atom. The van der Waals surface area contributed by atoms with Crippen LogP contribution in [0.1, 0.15) is 48.3 Å². The second-order valence-electron chi connectivity index (χ2n) is 5.43. The molecular weight excluding hydrogens is 251 g/mol. The van der Waals surface area contributed by atoms with Crippen LogP contribution in [0.5, 0.6) is 0 Å². The van der Waals surface area contributed by atoms with Gasteiger partial charge in [0, 0.05) is 5.02 Å². The van der Waals surface area contributed by atoms with E-state index in [1.165, 1.54) is 30.4 Å². The summed E-state index contributed by atoms with van der Waals surface area (Å²) in [6.45, 7) is 6.48. The quantitative estimate of drug-likeness (QED) is 0.607. The molecule has 17 heavy (non-hydrogen) atoms. The Hall–Kier alpha value is -0.200. The third kappa shape index (κ3) is 2.63. The van der Waals surface area contributed by atoms with Gasteiger partial charge < -0.3 is 0 Å². The van der Waals surface area contributed by atoms with Gasteiger partial charge >= 0.3 is 0 Å². The Bertz CT molecular complexity index is 412. The van der Waals surface area contributed by atoms with E-state index in [9.17, 15) is 0 Å². The molecular formula is C15H20Cl2. The van der Waals surface area contributed by atoms with Crippen LogP contribution in [0.2, 0.25) is 5.02 Å². The first-order chi connectivity index (χ1) is 8.00. The van der Waals surface area contributed by atoms with Crippen molar-refractivity contribution in [3.05, 3.63) is 33.8 Å². The number of aryl methyl sites for hydroxylation is 2. The van der Waals surface area contributed by atoms with Gasteiger partial charge in [0.05, 0.1) is 5.38 Å². The van der Waals surface area contributed by atoms with E-state index in [0.29, 0.717) is 5.92 Å². The summed E-state index contributed by atoms with van der Waals surface area (Å²) >= 11 is 12.8. The Morgan fingerprint density at radius 2 is 1.88 bits per heavy atom. The molecule has 1 saturated carbocycles. The van der Waals surface area contributed by atoms with Gasteiger partial charge in [0.25, 0.3) is 0 Å². The van der Waals surface area contributed by atoms with Crippen LogP contribution in [-0.2, 0) is 0 Å². The van der Waals surface area contributed by atoms with Crippen LogP contribution in [0.25, 0.3) is 0 Å². The first-order valence-electron chi connectivity index (χ1n) is 6.41. The summed E-state index contributed by atoms with van der Waals surface area (Å²) in [5.41, 5.74) is 3.62. The summed E-state index contributed by atoms with van der Waals surface area (Å²) in [4.78, 5) is 0. The van der Waals surface area contributed by atoms with E-state index in [1.807, 2.05) is 13.0 Å². The maximum atomic E-state index is 6.69. The fourth-order valence-corrected chi connectivity index (χ4v) is 3.77. The van der Waals surface area contributed by atoms with Crippen LogP contribution >= 0.6 is 23.2 Å². The molecule has 2 rings (SSSR count). The average molecular weight is 271 g/mol. The van der Waals surface area contributed by atoms with E-state index in [0.717, 1.165) is 16.5 Å². The van der Waals surface area contributed by atoms with Crippen LogP contribution in [-0.4, -0.2) is 0 Å². The van der Waals surface area contributed by atoms with Crippen LogP contribution in [0, 0.1) is 25.7 Å². The van der Waals surface area contributed by atoms with E-state index in [-0.39, 0.29) is 5.38 Å². The van der Waals surface area contributed by atoms with Gasteiger partial charge in [-0.2, -0.15) is 0 Å². The first kappa shape index (κ1) is 13.2. The van der Waals surface area contributed by atoms with Gasteiger partial charge in [0.15, 0.2) is 0 Å². The van der Waals surface area contributed by atoms with Crippen LogP contribution in [0.15, 0.2) is 12.1 Å². The lowest BCUT2D eigenvalue weighted by Crippen LogP contribution is -2.12. The molecule has 1 fully saturated rings. The summed E-state index contributed by atoms with van der Waals surface area (Å²) in [5.74, 6) is 1.36. The lowest BCUT2D eigenvalue weighted by Gasteiger charge is -2.24. The summed E-state index contributed by atoms with van der Waals surface area (Å²) in [6.07, 6.45) is 3.90. The standard InChI is InChI=1S/C15H20Cl2/c1-9-5-4-6-12(9)15(17)13-7-11(3)14(16)8-10(13)2/h7-9,12,15H,4-6H2,1-3H3. The van der Waals surface area contributed by atoms with Gasteiger partial charge in [-0.15, -0.1) is 11.6 Å². The van der Waals surface area contributed by atoms with Crippen LogP contribution in [0.3, 0.4) is 0 Å². The normalized spacial score (nSPS) is 26.2. The van der Waals surface area contributed by atoms with Crippen molar-refractivity contribution >= 4 is 23.2 Å². The highest BCUT2D eigenvalue weighted by atomic mass is 35.5. The third-order valence-electron chi connectivity index (χ3n) is 4.15. The number of rotatable bonds is 2. The van der Waals surface area contributed by atoms with Crippen molar-refractivity contribution in [1.82, 2.24) is 0 Å². The molecule has 0 aliphatic heterocycles. The molecule has 0 bridgehead atoms. The summed E-state index contributed by atoms with van der Waals surface area (Å²) in [5, 5.41) is 0.984. The number of halogens is 2. The highest BCUT2D eigenvalue weighted by molar-refractivity contribution is 6.31. The average Bonchev–Trinajstić information content (AvgIpc) is 2.69. The SMILES string of the molecule is Cc1cc(C(Cl)C2CCCC2C)c(C)cc1Cl. The summed E-state index contributed by atoms with van der Waals surface area (Å²) in [7, 11) is 0. The molecule has 0 amide bonds. The Labute approximate surface area is 114 Å². The number of benzene rings is 1. The number of hydrogen-bond donors (Lipinski definition) is 0. The van der Waals surface area contributed by atoms with Crippen molar-refractivity contribution in [3.8, 4) is 0 Å². The smallest absolute Gasteiger partial charge is 0.0618 e. The first-order valence-corrected chi connectivity index (χ1v) is 7.23. The van der Waals surface area contributed by atoms with Crippen molar-refractivity contribution in [2.24, 2.45) is 11.8 Å². The highest BCUT2D eigenvalue weighted by Gasteiger charge is 2.31. The van der Waals surface area contributed by atoms with Crippen LogP contribution < -0.4 is 0 Å². The molecule has 0 saturated heterocycles. The topological polar surface area (TPSA) is 0 Å². The van der Waals surface area contributed by atoms with E-state index in [2.05, 4.69) is 19.9 Å². The van der Waals surface area contributed by atoms with Crippen molar-refractivity contribution in [2.45, 2.75) is 45.4 Å². The largest absolute Gasteiger partial charge is 0.118 e. The Kier molecular flexibility index (Phi) is 4.05. The predicted octanol–water partition coefficient (Wildman–Crippen LogP) is 5.67. The maximum absolute atomic E-state index is 6.69. The Morgan fingerprint density at radius 1 is 1.18 bits per heavy atom. The molecule has 0 heterocycles. The lowest BCUT2D eigenvalue weighted by atomic mass is 9.88. The fourth-order valence-electron chi connectivity index (χ4n) is 2.94. The molecule has 1 aromatic rings. The maximum Gasteiger partial charge on any atom is 0.0618 e. The second-order valence-corrected chi connectivity index (χ2v) is 6.31. The zero-order valence-electron chi connectivity index (χ0n) is 10.8. The van der Waals surface area contributed by atoms with Crippen LogP contribution in [0.4, 0.5) is 0 Å². The third-order valence-corrected chi connectivity index (χ3v) is 5.11. The molecule has 0 aromatic heterocycles. The molecule has 3 atom stereocenters. The van der Waals surface area contributed by atoms with Crippen molar-refractivity contribution < 1.29 is 0 Å². The van der Waals surface area contributed by atoms with Gasteiger partial charge in [-0.1, -0.05) is 37.4 Å². The van der Waals surface area contributed by atoms with Gasteiger partial charge in [-0.3, -0.25) is 0 Å². The molecule has 0 spiro atoms. The van der Waals surface area contributed by atoms with E-state index in [1.54, 1.807) is 0 Å². The molecule has 0 nitrogen and oxygen atoms in total. The van der Waals surface area contributed by atoms with Crippen molar-refractivity contribution in [3.63, 3.8) is 0 Å². The summed E-state index contributed by atoms with van der Waals surface area (Å²) < 4.78 is 0. The fraction of sp³-hybridized carbons (Fsp3) is 0.600. The van der Waals surface area contributed by atoms with Crippen molar-refractivity contribution in [1.29, 1.82) is 0 Å². The van der Waals surface area contributed by atoms with Crippen molar-refractivity contribution in [2.75, 3.05) is 0 Å². The minimum Gasteiger partial charge on any atom is -0.118 e. The molecule has 0 N–H and O–H groups in total. The van der Waals surface area contributed by atoms with Gasteiger partial charge in [-0.25, -0.2) is 0 Å². The monoisotopic (exact) mass is 270 g/mol. The molecule has 2 heteroatoms. The Balaban J connectivity index is 2.30. The molecule has 1 aliphatic carbocycles. The number of hydrogen-bond acceptors (Lipinski definition) is 0. The predicted molar refractivity (Wildman–Crippen MR) is 76.0 cm³/mol. The summed E-state index contributed by atoms with van der Waals surface area (Å²) in [6, 6.07) is 4.21. The van der Waals surface area contributed by atoms with Gasteiger partial charge in [0.2, 0.25) is 0 Å². The molecule has 1 aromatic carbocycles. The zero-order chi connectivity index (χ0) is 12.6. The molecule has 3 unspecified atom stereocenters. The van der Waals surface area contributed by atoms with Gasteiger partial charge in [0.1, 0.15) is 0 Å². The molecule has 1 aliphatic rings. The number of alkyl halides is 1. The van der Waals surface area contributed by atoms with Gasteiger partial charge in [-0.05, 0) is 54.9 Å². The lowest BCUT2D eigenvalue weighted by molar-refractivity contribution is 0.405. The van der Waals surface area contributed by atoms with E-state index in [4.69, 9.17) is 23.2 Å². The van der Waals surface area contributed by atoms with E-state index >= 15 is 0 Å². The van der Waals surface area contributed by atoms with E-state index < -0.39 is 0 Å².